The molecule has 0 unspecified atom stereocenters. The third-order valence-electron chi connectivity index (χ3n) is 5.45. The van der Waals surface area contributed by atoms with Gasteiger partial charge in [0.2, 0.25) is 10.0 Å². The SMILES string of the molecule is COC[C@@]12CCN(C(=O)c3ccc(C)nc3)C[C@@H]1CN(S(C)(=O)=O)C2. The molecule has 0 radical (unpaired) electrons. The first-order valence-electron chi connectivity index (χ1n) is 8.41. The Bertz CT molecular complexity index is 750. The van der Waals surface area contributed by atoms with Gasteiger partial charge >= 0.3 is 0 Å². The van der Waals surface area contributed by atoms with E-state index in [1.165, 1.54) is 10.6 Å². The van der Waals surface area contributed by atoms with Crippen LogP contribution in [0, 0.1) is 18.3 Å². The summed E-state index contributed by atoms with van der Waals surface area (Å²) in [6, 6.07) is 3.62. The molecular formula is C17H25N3O4S. The van der Waals surface area contributed by atoms with E-state index in [1.54, 1.807) is 19.4 Å². The van der Waals surface area contributed by atoms with Crippen molar-refractivity contribution in [2.24, 2.45) is 11.3 Å². The molecule has 0 spiro atoms. The Morgan fingerprint density at radius 2 is 2.16 bits per heavy atom. The number of nitrogens with zero attached hydrogens (tertiary/aromatic N) is 3. The van der Waals surface area contributed by atoms with Gasteiger partial charge in [-0.2, -0.15) is 0 Å². The number of ether oxygens (including phenoxy) is 1. The van der Waals surface area contributed by atoms with Gasteiger partial charge in [-0.25, -0.2) is 12.7 Å². The van der Waals surface area contributed by atoms with Crippen LogP contribution in [-0.2, 0) is 14.8 Å². The molecule has 7 nitrogen and oxygen atoms in total. The summed E-state index contributed by atoms with van der Waals surface area (Å²) in [4.78, 5) is 18.8. The molecule has 0 aliphatic carbocycles. The van der Waals surface area contributed by atoms with Crippen molar-refractivity contribution >= 4 is 15.9 Å². The number of aromatic nitrogens is 1. The van der Waals surface area contributed by atoms with Gasteiger partial charge in [0, 0.05) is 50.6 Å². The van der Waals surface area contributed by atoms with Crippen LogP contribution in [-0.4, -0.2) is 74.7 Å². The van der Waals surface area contributed by atoms with E-state index in [9.17, 15) is 13.2 Å². The zero-order valence-corrected chi connectivity index (χ0v) is 15.8. The van der Waals surface area contributed by atoms with E-state index in [4.69, 9.17) is 4.74 Å². The fraction of sp³-hybridized carbons (Fsp3) is 0.647. The smallest absolute Gasteiger partial charge is 0.255 e. The van der Waals surface area contributed by atoms with Crippen LogP contribution in [0.4, 0.5) is 0 Å². The van der Waals surface area contributed by atoms with Gasteiger partial charge < -0.3 is 9.64 Å². The number of aryl methyl sites for hydroxylation is 1. The predicted molar refractivity (Wildman–Crippen MR) is 93.7 cm³/mol. The number of piperidine rings is 1. The standard InChI is InChI=1S/C17H25N3O4S/c1-13-4-5-14(8-18-13)16(21)19-7-6-17(12-24-2)11-20(25(3,22)23)10-15(17)9-19/h4-5,8,15H,6-7,9-12H2,1-3H3/t15-,17+/m1/s1. The van der Waals surface area contributed by atoms with Crippen LogP contribution in [0.1, 0.15) is 22.5 Å². The number of amides is 1. The monoisotopic (exact) mass is 367 g/mol. The Kier molecular flexibility index (Phi) is 4.87. The number of sulfonamides is 1. The van der Waals surface area contributed by atoms with Crippen LogP contribution in [0.25, 0.3) is 0 Å². The molecule has 0 N–H and O–H groups in total. The van der Waals surface area contributed by atoms with Crippen LogP contribution in [0.15, 0.2) is 18.3 Å². The van der Waals surface area contributed by atoms with Crippen molar-refractivity contribution < 1.29 is 17.9 Å². The lowest BCUT2D eigenvalue weighted by Crippen LogP contribution is -2.50. The predicted octanol–water partition coefficient (Wildman–Crippen LogP) is 0.760. The number of carbonyl (C=O) groups is 1. The maximum Gasteiger partial charge on any atom is 0.255 e. The van der Waals surface area contributed by atoms with Gasteiger partial charge in [0.15, 0.2) is 0 Å². The molecule has 1 amide bonds. The number of hydrogen-bond acceptors (Lipinski definition) is 5. The third-order valence-corrected chi connectivity index (χ3v) is 6.66. The van der Waals surface area contributed by atoms with Crippen LogP contribution in [0.5, 0.6) is 0 Å². The van der Waals surface area contributed by atoms with Gasteiger partial charge in [-0.3, -0.25) is 9.78 Å². The minimum absolute atomic E-state index is 0.0451. The van der Waals surface area contributed by atoms with Gasteiger partial charge in [0.25, 0.3) is 5.91 Å². The molecular weight excluding hydrogens is 342 g/mol. The Hall–Kier alpha value is -1.51. The van der Waals surface area contributed by atoms with Gasteiger partial charge in [-0.15, -0.1) is 0 Å². The summed E-state index contributed by atoms with van der Waals surface area (Å²) in [7, 11) is -1.60. The normalized spacial score (nSPS) is 27.3. The lowest BCUT2D eigenvalue weighted by atomic mass is 9.73. The molecule has 0 saturated carbocycles. The average molecular weight is 367 g/mol. The number of carbonyl (C=O) groups excluding carboxylic acids is 1. The molecule has 3 heterocycles. The number of fused-ring (bicyclic) bond motifs is 1. The summed E-state index contributed by atoms with van der Waals surface area (Å²) in [5.74, 6) is 0.0367. The lowest BCUT2D eigenvalue weighted by molar-refractivity contribution is 0.00341. The second-order valence-corrected chi connectivity index (χ2v) is 9.22. The fourth-order valence-electron chi connectivity index (χ4n) is 3.97. The first-order valence-corrected chi connectivity index (χ1v) is 10.3. The van der Waals surface area contributed by atoms with E-state index in [-0.39, 0.29) is 17.2 Å². The first kappa shape index (κ1) is 18.3. The van der Waals surface area contributed by atoms with Crippen LogP contribution < -0.4 is 0 Å². The van der Waals surface area contributed by atoms with E-state index in [0.717, 1.165) is 12.1 Å². The molecule has 2 saturated heterocycles. The van der Waals surface area contributed by atoms with Crippen LogP contribution in [0.2, 0.25) is 0 Å². The highest BCUT2D eigenvalue weighted by atomic mass is 32.2. The molecule has 0 aromatic carbocycles. The highest BCUT2D eigenvalue weighted by molar-refractivity contribution is 7.88. The van der Waals surface area contributed by atoms with Crippen molar-refractivity contribution in [3.63, 3.8) is 0 Å². The molecule has 2 fully saturated rings. The molecule has 2 aliphatic heterocycles. The van der Waals surface area contributed by atoms with Gasteiger partial charge in [0.05, 0.1) is 18.4 Å². The third kappa shape index (κ3) is 3.56. The number of pyridine rings is 1. The van der Waals surface area contributed by atoms with E-state index in [0.29, 0.717) is 38.3 Å². The van der Waals surface area contributed by atoms with E-state index < -0.39 is 10.0 Å². The number of methoxy groups -OCH3 is 1. The molecule has 1 aromatic rings. The molecule has 8 heteroatoms. The van der Waals surface area contributed by atoms with Crippen molar-refractivity contribution in [2.45, 2.75) is 13.3 Å². The topological polar surface area (TPSA) is 79.8 Å². The first-order chi connectivity index (χ1) is 11.7. The Morgan fingerprint density at radius 3 is 2.76 bits per heavy atom. The average Bonchev–Trinajstić information content (AvgIpc) is 2.94. The minimum atomic E-state index is -3.25. The summed E-state index contributed by atoms with van der Waals surface area (Å²) in [6.45, 7) is 4.45. The Labute approximate surface area is 149 Å². The van der Waals surface area contributed by atoms with Gasteiger partial charge in [-0.1, -0.05) is 0 Å². The van der Waals surface area contributed by atoms with E-state index >= 15 is 0 Å². The molecule has 2 atom stereocenters. The highest BCUT2D eigenvalue weighted by Crippen LogP contribution is 2.44. The Balaban J connectivity index is 1.79. The maximum absolute atomic E-state index is 12.8. The quantitative estimate of drug-likeness (QED) is 0.785. The van der Waals surface area contributed by atoms with Crippen molar-refractivity contribution in [3.05, 3.63) is 29.6 Å². The number of rotatable bonds is 4. The lowest BCUT2D eigenvalue weighted by Gasteiger charge is -2.43. The van der Waals surface area contributed by atoms with Gasteiger partial charge in [-0.05, 0) is 31.4 Å². The van der Waals surface area contributed by atoms with E-state index in [1.807, 2.05) is 17.9 Å². The van der Waals surface area contributed by atoms with Crippen LogP contribution >= 0.6 is 0 Å². The maximum atomic E-state index is 12.8. The molecule has 3 rings (SSSR count). The summed E-state index contributed by atoms with van der Waals surface area (Å²) >= 11 is 0. The molecule has 2 aliphatic rings. The summed E-state index contributed by atoms with van der Waals surface area (Å²) < 4.78 is 30.9. The van der Waals surface area contributed by atoms with E-state index in [2.05, 4.69) is 4.98 Å². The van der Waals surface area contributed by atoms with Crippen LogP contribution in [0.3, 0.4) is 0 Å². The van der Waals surface area contributed by atoms with Crippen molar-refractivity contribution in [1.82, 2.24) is 14.2 Å². The summed E-state index contributed by atoms with van der Waals surface area (Å²) in [5, 5.41) is 0. The summed E-state index contributed by atoms with van der Waals surface area (Å²) in [6.07, 6.45) is 3.58. The zero-order valence-electron chi connectivity index (χ0n) is 14.9. The molecule has 138 valence electrons. The molecule has 0 bridgehead atoms. The Morgan fingerprint density at radius 1 is 1.40 bits per heavy atom. The fourth-order valence-corrected chi connectivity index (χ4v) is 4.91. The van der Waals surface area contributed by atoms with Crippen molar-refractivity contribution in [3.8, 4) is 0 Å². The molecule has 1 aromatic heterocycles. The number of likely N-dealkylation sites (tertiary alicyclic amines) is 1. The largest absolute Gasteiger partial charge is 0.384 e. The minimum Gasteiger partial charge on any atom is -0.384 e. The number of hydrogen-bond donors (Lipinski definition) is 0. The molecule has 25 heavy (non-hydrogen) atoms. The van der Waals surface area contributed by atoms with Crippen molar-refractivity contribution in [2.75, 3.05) is 46.2 Å². The second kappa shape index (κ2) is 6.66. The highest BCUT2D eigenvalue weighted by Gasteiger charge is 2.52. The van der Waals surface area contributed by atoms with Crippen molar-refractivity contribution in [1.29, 1.82) is 0 Å². The van der Waals surface area contributed by atoms with Gasteiger partial charge in [0.1, 0.15) is 0 Å². The zero-order chi connectivity index (χ0) is 18.2. The summed E-state index contributed by atoms with van der Waals surface area (Å²) in [5.41, 5.74) is 1.23. The second-order valence-electron chi connectivity index (χ2n) is 7.24.